The summed E-state index contributed by atoms with van der Waals surface area (Å²) in [5, 5.41) is 4.54. The molecular weight excluding hydrogens is 281 g/mol. The van der Waals surface area contributed by atoms with E-state index in [0.717, 1.165) is 25.1 Å². The van der Waals surface area contributed by atoms with Crippen LogP contribution in [0.5, 0.6) is 5.75 Å². The van der Waals surface area contributed by atoms with Crippen molar-refractivity contribution in [3.63, 3.8) is 0 Å². The number of hydrogen-bond acceptors (Lipinski definition) is 2. The van der Waals surface area contributed by atoms with E-state index in [1.54, 1.807) is 12.1 Å². The van der Waals surface area contributed by atoms with Crippen LogP contribution in [0, 0.1) is 0 Å². The van der Waals surface area contributed by atoms with Crippen LogP contribution < -0.4 is 10.1 Å². The number of rotatable bonds is 6. The summed E-state index contributed by atoms with van der Waals surface area (Å²) in [6, 6.07) is 5.39. The Kier molecular flexibility index (Phi) is 6.45. The van der Waals surface area contributed by atoms with Gasteiger partial charge in [-0.3, -0.25) is 0 Å². The van der Waals surface area contributed by atoms with E-state index < -0.39 is 0 Å². The zero-order valence-corrected chi connectivity index (χ0v) is 13.6. The number of benzene rings is 1. The van der Waals surface area contributed by atoms with Crippen molar-refractivity contribution in [2.45, 2.75) is 52.2 Å². The Bertz CT molecular complexity index is 402. The van der Waals surface area contributed by atoms with Gasteiger partial charge < -0.3 is 10.1 Å². The third kappa shape index (κ3) is 6.51. The van der Waals surface area contributed by atoms with E-state index in [1.165, 1.54) is 0 Å². The average molecular weight is 304 g/mol. The fourth-order valence-electron chi connectivity index (χ4n) is 1.69. The second-order valence-corrected chi connectivity index (χ2v) is 6.55. The van der Waals surface area contributed by atoms with E-state index in [2.05, 4.69) is 33.0 Å². The Balaban J connectivity index is 2.64. The van der Waals surface area contributed by atoms with E-state index in [4.69, 9.17) is 27.9 Å². The van der Waals surface area contributed by atoms with Gasteiger partial charge in [0, 0.05) is 18.2 Å². The molecule has 1 unspecified atom stereocenters. The fraction of sp³-hybridized carbons (Fsp3) is 0.600. The number of ether oxygens (including phenoxy) is 1. The molecule has 1 atom stereocenters. The van der Waals surface area contributed by atoms with Crippen molar-refractivity contribution in [2.24, 2.45) is 0 Å². The molecule has 19 heavy (non-hydrogen) atoms. The first kappa shape index (κ1) is 16.6. The molecule has 0 aliphatic heterocycles. The summed E-state index contributed by atoms with van der Waals surface area (Å²) in [5.74, 6) is 0.767. The van der Waals surface area contributed by atoms with Crippen molar-refractivity contribution < 1.29 is 4.74 Å². The molecule has 0 bridgehead atoms. The average Bonchev–Trinajstić information content (AvgIpc) is 2.30. The second-order valence-electron chi connectivity index (χ2n) is 5.74. The SMILES string of the molecule is CCCC(CNC(C)(C)C)Oc1ccc(Cl)c(Cl)c1. The van der Waals surface area contributed by atoms with E-state index >= 15 is 0 Å². The number of nitrogens with one attached hydrogen (secondary N) is 1. The molecule has 0 spiro atoms. The smallest absolute Gasteiger partial charge is 0.121 e. The maximum Gasteiger partial charge on any atom is 0.121 e. The van der Waals surface area contributed by atoms with Crippen LogP contribution in [-0.4, -0.2) is 18.2 Å². The summed E-state index contributed by atoms with van der Waals surface area (Å²) in [7, 11) is 0. The largest absolute Gasteiger partial charge is 0.489 e. The summed E-state index contributed by atoms with van der Waals surface area (Å²) in [6.45, 7) is 9.42. The molecule has 2 nitrogen and oxygen atoms in total. The maximum atomic E-state index is 6.00. The summed E-state index contributed by atoms with van der Waals surface area (Å²) in [6.07, 6.45) is 2.22. The highest BCUT2D eigenvalue weighted by atomic mass is 35.5. The van der Waals surface area contributed by atoms with Crippen LogP contribution in [0.1, 0.15) is 40.5 Å². The van der Waals surface area contributed by atoms with Gasteiger partial charge in [-0.25, -0.2) is 0 Å². The molecule has 1 aromatic carbocycles. The van der Waals surface area contributed by atoms with Crippen LogP contribution in [0.2, 0.25) is 10.0 Å². The maximum absolute atomic E-state index is 6.00. The molecule has 0 saturated heterocycles. The van der Waals surface area contributed by atoms with E-state index in [0.29, 0.717) is 10.0 Å². The molecule has 108 valence electrons. The van der Waals surface area contributed by atoms with Crippen LogP contribution in [0.15, 0.2) is 18.2 Å². The van der Waals surface area contributed by atoms with Crippen molar-refractivity contribution in [1.29, 1.82) is 0 Å². The Morgan fingerprint density at radius 2 is 1.89 bits per heavy atom. The van der Waals surface area contributed by atoms with Crippen molar-refractivity contribution >= 4 is 23.2 Å². The van der Waals surface area contributed by atoms with E-state index in [-0.39, 0.29) is 11.6 Å². The predicted octanol–water partition coefficient (Wildman–Crippen LogP) is 4.93. The first-order valence-electron chi connectivity index (χ1n) is 6.68. The Labute approximate surface area is 126 Å². The lowest BCUT2D eigenvalue weighted by atomic mass is 10.1. The van der Waals surface area contributed by atoms with Crippen molar-refractivity contribution in [2.75, 3.05) is 6.54 Å². The summed E-state index contributed by atoms with van der Waals surface area (Å²) < 4.78 is 5.98. The quantitative estimate of drug-likeness (QED) is 0.804. The first-order valence-corrected chi connectivity index (χ1v) is 7.44. The van der Waals surface area contributed by atoms with Crippen LogP contribution in [0.25, 0.3) is 0 Å². The lowest BCUT2D eigenvalue weighted by molar-refractivity contribution is 0.175. The normalized spacial score (nSPS) is 13.4. The first-order chi connectivity index (χ1) is 8.81. The lowest BCUT2D eigenvalue weighted by Crippen LogP contribution is -2.42. The number of hydrogen-bond donors (Lipinski definition) is 1. The molecule has 0 fully saturated rings. The topological polar surface area (TPSA) is 21.3 Å². The highest BCUT2D eigenvalue weighted by Crippen LogP contribution is 2.27. The molecule has 0 saturated carbocycles. The fourth-order valence-corrected chi connectivity index (χ4v) is 1.98. The van der Waals surface area contributed by atoms with Gasteiger partial charge in [0.05, 0.1) is 10.0 Å². The standard InChI is InChI=1S/C15H23Cl2NO/c1-5-6-12(10-18-15(2,3)4)19-11-7-8-13(16)14(17)9-11/h7-9,12,18H,5-6,10H2,1-4H3. The molecule has 4 heteroatoms. The minimum Gasteiger partial charge on any atom is -0.489 e. The molecule has 1 N–H and O–H groups in total. The Morgan fingerprint density at radius 1 is 1.21 bits per heavy atom. The molecular formula is C15H23Cl2NO. The molecule has 0 aliphatic rings. The minimum atomic E-state index is 0.0903. The van der Waals surface area contributed by atoms with Gasteiger partial charge in [-0.05, 0) is 39.3 Å². The predicted molar refractivity (Wildman–Crippen MR) is 83.5 cm³/mol. The zero-order chi connectivity index (χ0) is 14.5. The van der Waals surface area contributed by atoms with Gasteiger partial charge in [0.2, 0.25) is 0 Å². The van der Waals surface area contributed by atoms with Crippen LogP contribution in [-0.2, 0) is 0 Å². The molecule has 1 aromatic rings. The van der Waals surface area contributed by atoms with Gasteiger partial charge in [-0.2, -0.15) is 0 Å². The van der Waals surface area contributed by atoms with Crippen LogP contribution >= 0.6 is 23.2 Å². The summed E-state index contributed by atoms with van der Waals surface area (Å²) >= 11 is 11.9. The summed E-state index contributed by atoms with van der Waals surface area (Å²) in [5.41, 5.74) is 0.0903. The van der Waals surface area contributed by atoms with Gasteiger partial charge in [-0.15, -0.1) is 0 Å². The van der Waals surface area contributed by atoms with E-state index in [1.807, 2.05) is 6.07 Å². The summed E-state index contributed by atoms with van der Waals surface area (Å²) in [4.78, 5) is 0. The highest BCUT2D eigenvalue weighted by molar-refractivity contribution is 6.42. The molecule has 0 heterocycles. The minimum absolute atomic E-state index is 0.0903. The monoisotopic (exact) mass is 303 g/mol. The molecule has 0 aromatic heterocycles. The van der Waals surface area contributed by atoms with Gasteiger partial charge in [0.1, 0.15) is 11.9 Å². The Morgan fingerprint density at radius 3 is 2.42 bits per heavy atom. The second kappa shape index (κ2) is 7.37. The molecule has 0 amide bonds. The third-order valence-corrected chi connectivity index (χ3v) is 3.40. The molecule has 0 radical (unpaired) electrons. The van der Waals surface area contributed by atoms with Crippen molar-refractivity contribution in [1.82, 2.24) is 5.32 Å². The number of halogens is 2. The molecule has 1 rings (SSSR count). The highest BCUT2D eigenvalue weighted by Gasteiger charge is 2.15. The van der Waals surface area contributed by atoms with Crippen molar-refractivity contribution in [3.8, 4) is 5.75 Å². The van der Waals surface area contributed by atoms with Gasteiger partial charge >= 0.3 is 0 Å². The van der Waals surface area contributed by atoms with Crippen LogP contribution in [0.4, 0.5) is 0 Å². The lowest BCUT2D eigenvalue weighted by Gasteiger charge is -2.26. The Hall–Kier alpha value is -0.440. The van der Waals surface area contributed by atoms with Crippen molar-refractivity contribution in [3.05, 3.63) is 28.2 Å². The zero-order valence-electron chi connectivity index (χ0n) is 12.1. The van der Waals surface area contributed by atoms with Gasteiger partial charge in [0.25, 0.3) is 0 Å². The van der Waals surface area contributed by atoms with Crippen LogP contribution in [0.3, 0.4) is 0 Å². The third-order valence-electron chi connectivity index (χ3n) is 2.66. The van der Waals surface area contributed by atoms with E-state index in [9.17, 15) is 0 Å². The molecule has 0 aliphatic carbocycles. The van der Waals surface area contributed by atoms with Gasteiger partial charge in [-0.1, -0.05) is 36.5 Å². The van der Waals surface area contributed by atoms with Gasteiger partial charge in [0.15, 0.2) is 0 Å².